The monoisotopic (exact) mass is 292 g/mol. The normalized spacial score (nSPS) is 19.0. The summed E-state index contributed by atoms with van der Waals surface area (Å²) in [5.74, 6) is 0.602. The van der Waals surface area contributed by atoms with Crippen LogP contribution in [0.2, 0.25) is 0 Å². The van der Waals surface area contributed by atoms with Crippen molar-refractivity contribution in [2.75, 3.05) is 19.3 Å². The van der Waals surface area contributed by atoms with E-state index in [-0.39, 0.29) is 17.9 Å². The molecule has 0 aromatic heterocycles. The Bertz CT molecular complexity index is 487. The number of likely N-dealkylation sites (N-methyl/N-ethyl adjacent to an activating group) is 1. The van der Waals surface area contributed by atoms with Gasteiger partial charge in [0.25, 0.3) is 0 Å². The molecule has 0 aliphatic carbocycles. The highest BCUT2D eigenvalue weighted by Gasteiger charge is 2.23. The van der Waals surface area contributed by atoms with Crippen molar-refractivity contribution >= 4 is 23.6 Å². The summed E-state index contributed by atoms with van der Waals surface area (Å²) in [6.07, 6.45) is 1.26. The summed E-state index contributed by atoms with van der Waals surface area (Å²) in [4.78, 5) is 26.1. The Labute approximate surface area is 123 Å². The van der Waals surface area contributed by atoms with Gasteiger partial charge in [-0.1, -0.05) is 17.7 Å². The summed E-state index contributed by atoms with van der Waals surface area (Å²) in [6, 6.07) is 8.23. The van der Waals surface area contributed by atoms with Crippen LogP contribution in [0.25, 0.3) is 0 Å². The van der Waals surface area contributed by atoms with Gasteiger partial charge in [0.1, 0.15) is 0 Å². The fourth-order valence-corrected chi connectivity index (χ4v) is 2.89. The van der Waals surface area contributed by atoms with Crippen LogP contribution in [0.15, 0.2) is 29.2 Å². The first-order valence-corrected chi connectivity index (χ1v) is 7.76. The predicted molar refractivity (Wildman–Crippen MR) is 80.7 cm³/mol. The molecule has 1 aromatic rings. The molecule has 1 saturated heterocycles. The Morgan fingerprint density at radius 3 is 2.75 bits per heavy atom. The molecule has 0 saturated carbocycles. The van der Waals surface area contributed by atoms with Crippen molar-refractivity contribution in [3.63, 3.8) is 0 Å². The number of amides is 2. The van der Waals surface area contributed by atoms with Crippen LogP contribution in [0.3, 0.4) is 0 Å². The second-order valence-electron chi connectivity index (χ2n) is 5.18. The van der Waals surface area contributed by atoms with E-state index in [9.17, 15) is 9.59 Å². The molecule has 1 N–H and O–H groups in total. The predicted octanol–water partition coefficient (Wildman–Crippen LogP) is 1.82. The van der Waals surface area contributed by atoms with Crippen molar-refractivity contribution in [2.45, 2.75) is 30.7 Å². The number of nitrogens with one attached hydrogen (secondary N) is 1. The molecule has 0 spiro atoms. The standard InChI is InChI=1S/C15H20N2O2S/c1-11-3-6-13(7-4-11)20-10-14(18)16-12-5-8-15(19)17(2)9-12/h3-4,6-7,12H,5,8-10H2,1-2H3,(H,16,18). The third-order valence-electron chi connectivity index (χ3n) is 3.38. The Morgan fingerprint density at radius 2 is 2.10 bits per heavy atom. The van der Waals surface area contributed by atoms with Crippen molar-refractivity contribution in [3.05, 3.63) is 29.8 Å². The van der Waals surface area contributed by atoms with Gasteiger partial charge < -0.3 is 10.2 Å². The summed E-state index contributed by atoms with van der Waals surface area (Å²) in [5, 5.41) is 3.00. The number of thioether (sulfide) groups is 1. The van der Waals surface area contributed by atoms with E-state index in [0.29, 0.717) is 18.7 Å². The minimum atomic E-state index is 0.0309. The largest absolute Gasteiger partial charge is 0.351 e. The van der Waals surface area contributed by atoms with Crippen LogP contribution in [-0.2, 0) is 9.59 Å². The number of carbonyl (C=O) groups excluding carboxylic acids is 2. The van der Waals surface area contributed by atoms with Crippen LogP contribution in [-0.4, -0.2) is 42.1 Å². The Balaban J connectivity index is 1.75. The number of piperidine rings is 1. The maximum absolute atomic E-state index is 11.9. The molecule has 1 atom stereocenters. The van der Waals surface area contributed by atoms with Gasteiger partial charge >= 0.3 is 0 Å². The lowest BCUT2D eigenvalue weighted by atomic mass is 10.1. The molecule has 1 aromatic carbocycles. The van der Waals surface area contributed by atoms with Gasteiger partial charge in [-0.3, -0.25) is 9.59 Å². The lowest BCUT2D eigenvalue weighted by Gasteiger charge is -2.30. The maximum Gasteiger partial charge on any atom is 0.230 e. The van der Waals surface area contributed by atoms with Gasteiger partial charge in [-0.25, -0.2) is 0 Å². The zero-order valence-corrected chi connectivity index (χ0v) is 12.7. The number of nitrogens with zero attached hydrogens (tertiary/aromatic N) is 1. The van der Waals surface area contributed by atoms with E-state index < -0.39 is 0 Å². The van der Waals surface area contributed by atoms with E-state index >= 15 is 0 Å². The molecule has 20 heavy (non-hydrogen) atoms. The summed E-state index contributed by atoms with van der Waals surface area (Å²) in [7, 11) is 1.78. The van der Waals surface area contributed by atoms with E-state index in [2.05, 4.69) is 5.32 Å². The maximum atomic E-state index is 11.9. The number of aryl methyl sites for hydroxylation is 1. The molecular weight excluding hydrogens is 272 g/mol. The molecule has 1 aliphatic rings. The molecule has 0 radical (unpaired) electrons. The Hall–Kier alpha value is -1.49. The summed E-state index contributed by atoms with van der Waals surface area (Å²) in [5.41, 5.74) is 1.22. The molecule has 1 unspecified atom stereocenters. The molecular formula is C15H20N2O2S. The minimum absolute atomic E-state index is 0.0309. The highest BCUT2D eigenvalue weighted by atomic mass is 32.2. The van der Waals surface area contributed by atoms with E-state index in [1.54, 1.807) is 11.9 Å². The molecule has 0 bridgehead atoms. The number of rotatable bonds is 4. The van der Waals surface area contributed by atoms with Gasteiger partial charge in [0.15, 0.2) is 0 Å². The van der Waals surface area contributed by atoms with Crippen molar-refractivity contribution in [3.8, 4) is 0 Å². The first kappa shape index (κ1) is 14.9. The smallest absolute Gasteiger partial charge is 0.230 e. The fraction of sp³-hybridized carbons (Fsp3) is 0.467. The highest BCUT2D eigenvalue weighted by molar-refractivity contribution is 8.00. The molecule has 5 heteroatoms. The third-order valence-corrected chi connectivity index (χ3v) is 4.39. The highest BCUT2D eigenvalue weighted by Crippen LogP contribution is 2.18. The third kappa shape index (κ3) is 4.27. The lowest BCUT2D eigenvalue weighted by Crippen LogP contribution is -2.48. The molecule has 1 aliphatic heterocycles. The lowest BCUT2D eigenvalue weighted by molar-refractivity contribution is -0.133. The second-order valence-corrected chi connectivity index (χ2v) is 6.23. The van der Waals surface area contributed by atoms with Crippen LogP contribution in [0, 0.1) is 6.92 Å². The quantitative estimate of drug-likeness (QED) is 0.861. The van der Waals surface area contributed by atoms with Crippen LogP contribution in [0.1, 0.15) is 18.4 Å². The zero-order chi connectivity index (χ0) is 14.5. The van der Waals surface area contributed by atoms with E-state index in [4.69, 9.17) is 0 Å². The fourth-order valence-electron chi connectivity index (χ4n) is 2.18. The molecule has 1 fully saturated rings. The minimum Gasteiger partial charge on any atom is -0.351 e. The number of hydrogen-bond acceptors (Lipinski definition) is 3. The molecule has 2 amide bonds. The van der Waals surface area contributed by atoms with Gasteiger partial charge in [-0.05, 0) is 25.5 Å². The Kier molecular flexibility index (Phi) is 5.06. The van der Waals surface area contributed by atoms with E-state index in [1.807, 2.05) is 31.2 Å². The van der Waals surface area contributed by atoms with Crippen molar-refractivity contribution in [2.24, 2.45) is 0 Å². The van der Waals surface area contributed by atoms with E-state index in [1.165, 1.54) is 17.3 Å². The first-order chi connectivity index (χ1) is 9.54. The van der Waals surface area contributed by atoms with Gasteiger partial charge in [-0.2, -0.15) is 0 Å². The number of likely N-dealkylation sites (tertiary alicyclic amines) is 1. The van der Waals surface area contributed by atoms with Gasteiger partial charge in [0.05, 0.1) is 5.75 Å². The van der Waals surface area contributed by atoms with E-state index in [0.717, 1.165) is 11.3 Å². The van der Waals surface area contributed by atoms with Crippen molar-refractivity contribution in [1.29, 1.82) is 0 Å². The average molecular weight is 292 g/mol. The Morgan fingerprint density at radius 1 is 1.40 bits per heavy atom. The van der Waals surface area contributed by atoms with Crippen molar-refractivity contribution < 1.29 is 9.59 Å². The summed E-state index contributed by atoms with van der Waals surface area (Å²) >= 11 is 1.53. The van der Waals surface area contributed by atoms with Crippen LogP contribution in [0.5, 0.6) is 0 Å². The summed E-state index contributed by atoms with van der Waals surface area (Å²) < 4.78 is 0. The average Bonchev–Trinajstić information content (AvgIpc) is 2.42. The number of carbonyl (C=O) groups is 2. The van der Waals surface area contributed by atoms with Gasteiger partial charge in [0, 0.05) is 31.0 Å². The van der Waals surface area contributed by atoms with Crippen LogP contribution >= 0.6 is 11.8 Å². The number of hydrogen-bond donors (Lipinski definition) is 1. The van der Waals surface area contributed by atoms with Crippen LogP contribution in [0.4, 0.5) is 0 Å². The molecule has 1 heterocycles. The first-order valence-electron chi connectivity index (χ1n) is 6.77. The molecule has 4 nitrogen and oxygen atoms in total. The van der Waals surface area contributed by atoms with Gasteiger partial charge in [-0.15, -0.1) is 11.8 Å². The zero-order valence-electron chi connectivity index (χ0n) is 11.9. The topological polar surface area (TPSA) is 49.4 Å². The SMILES string of the molecule is Cc1ccc(SCC(=O)NC2CCC(=O)N(C)C2)cc1. The summed E-state index contributed by atoms with van der Waals surface area (Å²) in [6.45, 7) is 2.65. The molecule has 108 valence electrons. The second kappa shape index (κ2) is 6.79. The van der Waals surface area contributed by atoms with Crippen LogP contribution < -0.4 is 5.32 Å². The van der Waals surface area contributed by atoms with Crippen molar-refractivity contribution in [1.82, 2.24) is 10.2 Å². The molecule has 2 rings (SSSR count). The van der Waals surface area contributed by atoms with Gasteiger partial charge in [0.2, 0.25) is 11.8 Å². The number of benzene rings is 1.